The van der Waals surface area contributed by atoms with E-state index in [-0.39, 0.29) is 5.82 Å². The summed E-state index contributed by atoms with van der Waals surface area (Å²) in [6.45, 7) is 0. The van der Waals surface area contributed by atoms with Gasteiger partial charge in [0, 0.05) is 5.56 Å². The van der Waals surface area contributed by atoms with Gasteiger partial charge >= 0.3 is 0 Å². The van der Waals surface area contributed by atoms with Gasteiger partial charge in [0.05, 0.1) is 9.80 Å². The quantitative estimate of drug-likeness (QED) is 0.508. The van der Waals surface area contributed by atoms with Crippen LogP contribution in [0.15, 0.2) is 22.7 Å². The van der Waals surface area contributed by atoms with E-state index in [9.17, 15) is 4.39 Å². The molecule has 62 valence electrons. The largest absolute Gasteiger partial charge is 0.206 e. The average Bonchev–Trinajstić information content (AvgIpc) is 2.07. The van der Waals surface area contributed by atoms with Gasteiger partial charge in [-0.15, -0.1) is 0 Å². The van der Waals surface area contributed by atoms with E-state index in [0.717, 1.165) is 0 Å². The molecule has 1 aromatic carbocycles. The van der Waals surface area contributed by atoms with Crippen LogP contribution in [-0.2, 0) is 0 Å². The van der Waals surface area contributed by atoms with E-state index in [1.807, 2.05) is 0 Å². The first kappa shape index (κ1) is 9.76. The van der Waals surface area contributed by atoms with Gasteiger partial charge in [-0.05, 0) is 34.1 Å². The fraction of sp³-hybridized carbons (Fsp3) is 0.111. The molecule has 0 radical (unpaired) electrons. The minimum Gasteiger partial charge on any atom is -0.206 e. The lowest BCUT2D eigenvalue weighted by Gasteiger charge is -1.93. The maximum atomic E-state index is 12.9. The zero-order valence-corrected chi connectivity index (χ0v) is 9.25. The lowest BCUT2D eigenvalue weighted by atomic mass is 10.2. The molecule has 0 aliphatic carbocycles. The third-order valence-electron chi connectivity index (χ3n) is 1.22. The van der Waals surface area contributed by atoms with E-state index in [1.165, 1.54) is 6.07 Å². The summed E-state index contributed by atoms with van der Waals surface area (Å²) in [6, 6.07) is 4.82. The van der Waals surface area contributed by atoms with Crippen LogP contribution in [0.1, 0.15) is 5.56 Å². The van der Waals surface area contributed by atoms with Crippen LogP contribution in [0.3, 0.4) is 0 Å². The van der Waals surface area contributed by atoms with E-state index in [2.05, 4.69) is 43.7 Å². The predicted molar refractivity (Wildman–Crippen MR) is 54.8 cm³/mol. The highest BCUT2D eigenvalue weighted by Gasteiger charge is 1.97. The zero-order valence-electron chi connectivity index (χ0n) is 6.07. The number of halogens is 3. The van der Waals surface area contributed by atoms with Crippen LogP contribution in [0.4, 0.5) is 4.39 Å². The Morgan fingerprint density at radius 3 is 2.75 bits per heavy atom. The van der Waals surface area contributed by atoms with Gasteiger partial charge in [0.2, 0.25) is 0 Å². The van der Waals surface area contributed by atoms with Crippen molar-refractivity contribution < 1.29 is 4.39 Å². The molecule has 0 nitrogen and oxygen atoms in total. The lowest BCUT2D eigenvalue weighted by molar-refractivity contribution is 0.621. The van der Waals surface area contributed by atoms with Crippen LogP contribution in [0.2, 0.25) is 0 Å². The first-order chi connectivity index (χ1) is 5.74. The van der Waals surface area contributed by atoms with Gasteiger partial charge in [-0.1, -0.05) is 27.8 Å². The van der Waals surface area contributed by atoms with E-state index in [4.69, 9.17) is 0 Å². The van der Waals surface area contributed by atoms with E-state index in [1.54, 1.807) is 12.1 Å². The molecule has 0 aliphatic heterocycles. The Kier molecular flexibility index (Phi) is 3.77. The molecular formula is C9H5Br2F. The molecule has 1 aromatic rings. The molecule has 0 heterocycles. The van der Waals surface area contributed by atoms with Crippen molar-refractivity contribution >= 4 is 31.9 Å². The summed E-state index contributed by atoms with van der Waals surface area (Å²) in [4.78, 5) is 0. The van der Waals surface area contributed by atoms with Crippen LogP contribution < -0.4 is 0 Å². The van der Waals surface area contributed by atoms with Crippen molar-refractivity contribution in [2.24, 2.45) is 0 Å². The van der Waals surface area contributed by atoms with Crippen LogP contribution in [0.25, 0.3) is 0 Å². The van der Waals surface area contributed by atoms with Gasteiger partial charge in [0.1, 0.15) is 5.82 Å². The van der Waals surface area contributed by atoms with Crippen molar-refractivity contribution in [3.8, 4) is 11.8 Å². The second kappa shape index (κ2) is 4.64. The Morgan fingerprint density at radius 2 is 2.17 bits per heavy atom. The topological polar surface area (TPSA) is 0 Å². The molecular weight excluding hydrogens is 287 g/mol. The summed E-state index contributed by atoms with van der Waals surface area (Å²) in [6.07, 6.45) is 0. The number of benzene rings is 1. The van der Waals surface area contributed by atoms with Gasteiger partial charge in [0.15, 0.2) is 0 Å². The van der Waals surface area contributed by atoms with Crippen molar-refractivity contribution in [2.75, 3.05) is 5.33 Å². The molecule has 3 heteroatoms. The van der Waals surface area contributed by atoms with Gasteiger partial charge in [-0.25, -0.2) is 4.39 Å². The van der Waals surface area contributed by atoms with Crippen molar-refractivity contribution in [1.82, 2.24) is 0 Å². The normalized spacial score (nSPS) is 8.92. The Labute approximate surface area is 87.4 Å². The fourth-order valence-corrected chi connectivity index (χ4v) is 1.10. The molecule has 0 atom stereocenters. The third-order valence-corrected chi connectivity index (χ3v) is 2.14. The molecule has 0 N–H and O–H groups in total. The van der Waals surface area contributed by atoms with Crippen LogP contribution in [-0.4, -0.2) is 5.33 Å². The molecule has 0 spiro atoms. The summed E-state index contributed by atoms with van der Waals surface area (Å²) >= 11 is 6.23. The van der Waals surface area contributed by atoms with Gasteiger partial charge in [0.25, 0.3) is 0 Å². The zero-order chi connectivity index (χ0) is 8.97. The SMILES string of the molecule is Fc1cc(C#CCBr)ccc1Br. The maximum Gasteiger partial charge on any atom is 0.138 e. The molecule has 0 bridgehead atoms. The first-order valence-corrected chi connectivity index (χ1v) is 5.15. The molecule has 0 amide bonds. The summed E-state index contributed by atoms with van der Waals surface area (Å²) in [5.74, 6) is 5.32. The second-order valence-corrected chi connectivity index (χ2v) is 3.48. The standard InChI is InChI=1S/C9H5Br2F/c10-5-1-2-7-3-4-8(11)9(12)6-7/h3-4,6H,5H2. The number of hydrogen-bond acceptors (Lipinski definition) is 0. The Bertz CT molecular complexity index is 336. The van der Waals surface area contributed by atoms with Crippen molar-refractivity contribution in [2.45, 2.75) is 0 Å². The van der Waals surface area contributed by atoms with Crippen molar-refractivity contribution in [3.63, 3.8) is 0 Å². The van der Waals surface area contributed by atoms with Crippen molar-refractivity contribution in [3.05, 3.63) is 34.1 Å². The second-order valence-electron chi connectivity index (χ2n) is 2.06. The third kappa shape index (κ3) is 2.62. The summed E-state index contributed by atoms with van der Waals surface area (Å²) < 4.78 is 13.3. The highest BCUT2D eigenvalue weighted by atomic mass is 79.9. The number of rotatable bonds is 0. The minimum atomic E-state index is -0.281. The number of hydrogen-bond donors (Lipinski definition) is 0. The van der Waals surface area contributed by atoms with E-state index < -0.39 is 0 Å². The Hall–Kier alpha value is -0.330. The molecule has 0 aliphatic rings. The van der Waals surface area contributed by atoms with Crippen LogP contribution >= 0.6 is 31.9 Å². The molecule has 0 saturated carbocycles. The monoisotopic (exact) mass is 290 g/mol. The average molecular weight is 292 g/mol. The molecule has 1 rings (SSSR count). The highest BCUT2D eigenvalue weighted by molar-refractivity contribution is 9.10. The maximum absolute atomic E-state index is 12.9. The first-order valence-electron chi connectivity index (χ1n) is 3.24. The van der Waals surface area contributed by atoms with Gasteiger partial charge in [-0.2, -0.15) is 0 Å². The molecule has 0 unspecified atom stereocenters. The summed E-state index contributed by atoms with van der Waals surface area (Å²) in [5.41, 5.74) is 0.690. The Morgan fingerprint density at radius 1 is 1.42 bits per heavy atom. The van der Waals surface area contributed by atoms with Crippen LogP contribution in [0.5, 0.6) is 0 Å². The fourth-order valence-electron chi connectivity index (χ4n) is 0.709. The lowest BCUT2D eigenvalue weighted by Crippen LogP contribution is -1.80. The van der Waals surface area contributed by atoms with Crippen molar-refractivity contribution in [1.29, 1.82) is 0 Å². The molecule has 12 heavy (non-hydrogen) atoms. The van der Waals surface area contributed by atoms with Gasteiger partial charge in [-0.3, -0.25) is 0 Å². The highest BCUT2D eigenvalue weighted by Crippen LogP contribution is 2.15. The number of alkyl halides is 1. The minimum absolute atomic E-state index is 0.281. The summed E-state index contributed by atoms with van der Waals surface area (Å²) in [7, 11) is 0. The Balaban J connectivity index is 2.97. The summed E-state index contributed by atoms with van der Waals surface area (Å²) in [5, 5.41) is 0.602. The smallest absolute Gasteiger partial charge is 0.138 e. The predicted octanol–water partition coefficient (Wildman–Crippen LogP) is 3.33. The molecule has 0 aromatic heterocycles. The van der Waals surface area contributed by atoms with E-state index >= 15 is 0 Å². The van der Waals surface area contributed by atoms with Crippen LogP contribution in [0, 0.1) is 17.7 Å². The van der Waals surface area contributed by atoms with E-state index in [0.29, 0.717) is 15.4 Å². The molecule has 0 saturated heterocycles. The van der Waals surface area contributed by atoms with Gasteiger partial charge < -0.3 is 0 Å². The molecule has 0 fully saturated rings.